The fraction of sp³-hybridized carbons (Fsp3) is 0.600. The van der Waals surface area contributed by atoms with Crippen LogP contribution in [0, 0.1) is 0 Å². The Morgan fingerprint density at radius 3 is 2.65 bits per heavy atom. The highest BCUT2D eigenvalue weighted by atomic mass is 16.6. The van der Waals surface area contributed by atoms with Crippen LogP contribution in [0.2, 0.25) is 0 Å². The van der Waals surface area contributed by atoms with Gasteiger partial charge >= 0.3 is 0 Å². The lowest BCUT2D eigenvalue weighted by molar-refractivity contribution is -0.0899. The molecule has 1 aromatic carbocycles. The highest BCUT2D eigenvalue weighted by Crippen LogP contribution is 2.39. The van der Waals surface area contributed by atoms with Gasteiger partial charge in [-0.1, -0.05) is 6.07 Å². The monoisotopic (exact) mass is 278 g/mol. The Hall–Kier alpha value is -1.30. The quantitative estimate of drug-likeness (QED) is 0.653. The van der Waals surface area contributed by atoms with Crippen molar-refractivity contribution in [1.29, 1.82) is 0 Å². The summed E-state index contributed by atoms with van der Waals surface area (Å²) < 4.78 is 17.2. The lowest BCUT2D eigenvalue weighted by Crippen LogP contribution is -2.48. The van der Waals surface area contributed by atoms with Crippen molar-refractivity contribution in [2.75, 3.05) is 19.8 Å². The second-order valence-electron chi connectivity index (χ2n) is 5.62. The van der Waals surface area contributed by atoms with E-state index in [2.05, 4.69) is 12.3 Å². The molecule has 2 unspecified atom stereocenters. The molecule has 5 heteroatoms. The predicted octanol–water partition coefficient (Wildman–Crippen LogP) is 1.92. The van der Waals surface area contributed by atoms with Gasteiger partial charge in [0.25, 0.3) is 0 Å². The van der Waals surface area contributed by atoms with E-state index in [-0.39, 0.29) is 11.6 Å². The summed E-state index contributed by atoms with van der Waals surface area (Å²) in [6, 6.07) is 5.92. The summed E-state index contributed by atoms with van der Waals surface area (Å²) in [5.74, 6) is 7.38. The lowest BCUT2D eigenvalue weighted by Gasteiger charge is -2.40. The fourth-order valence-corrected chi connectivity index (χ4v) is 3.05. The normalized spacial score (nSPS) is 27.1. The van der Waals surface area contributed by atoms with Crippen molar-refractivity contribution in [2.24, 2.45) is 5.84 Å². The molecule has 0 aliphatic carbocycles. The minimum atomic E-state index is -0.281. The van der Waals surface area contributed by atoms with Crippen LogP contribution >= 0.6 is 0 Å². The Morgan fingerprint density at radius 2 is 1.95 bits per heavy atom. The van der Waals surface area contributed by atoms with Gasteiger partial charge in [0, 0.05) is 6.61 Å². The first-order chi connectivity index (χ1) is 9.73. The molecule has 2 aliphatic rings. The number of hydrazine groups is 1. The third kappa shape index (κ3) is 2.49. The maximum atomic E-state index is 6.00. The molecule has 3 rings (SSSR count). The van der Waals surface area contributed by atoms with Gasteiger partial charge in [-0.2, -0.15) is 0 Å². The first-order valence-electron chi connectivity index (χ1n) is 7.22. The molecule has 0 radical (unpaired) electrons. The summed E-state index contributed by atoms with van der Waals surface area (Å²) in [5.41, 5.74) is 3.70. The van der Waals surface area contributed by atoms with Gasteiger partial charge < -0.3 is 14.2 Å². The molecule has 2 heterocycles. The molecule has 0 spiro atoms. The number of rotatable bonds is 3. The summed E-state index contributed by atoms with van der Waals surface area (Å²) >= 11 is 0. The molecule has 2 aliphatic heterocycles. The molecule has 3 N–H and O–H groups in total. The standard InChI is InChI=1S/C15H22N2O3/c1-15(6-2-3-7-20-15)14(17-16)11-4-5-12-13(10-11)19-9-8-18-12/h4-5,10,14,17H,2-3,6-9,16H2,1H3. The Bertz CT molecular complexity index is 472. The van der Waals surface area contributed by atoms with E-state index >= 15 is 0 Å². The van der Waals surface area contributed by atoms with Gasteiger partial charge in [0.15, 0.2) is 11.5 Å². The molecular formula is C15H22N2O3. The molecular weight excluding hydrogens is 256 g/mol. The molecule has 2 atom stereocenters. The maximum Gasteiger partial charge on any atom is 0.161 e. The molecule has 20 heavy (non-hydrogen) atoms. The van der Waals surface area contributed by atoms with Crippen molar-refractivity contribution in [3.8, 4) is 11.5 Å². The van der Waals surface area contributed by atoms with Gasteiger partial charge in [0.2, 0.25) is 0 Å². The maximum absolute atomic E-state index is 6.00. The highest BCUT2D eigenvalue weighted by Gasteiger charge is 2.37. The summed E-state index contributed by atoms with van der Waals surface area (Å²) in [6.45, 7) is 4.10. The van der Waals surface area contributed by atoms with E-state index in [0.29, 0.717) is 13.2 Å². The summed E-state index contributed by atoms with van der Waals surface area (Å²) in [4.78, 5) is 0. The van der Waals surface area contributed by atoms with Gasteiger partial charge in [-0.3, -0.25) is 11.3 Å². The van der Waals surface area contributed by atoms with E-state index in [1.807, 2.05) is 18.2 Å². The number of benzene rings is 1. The minimum absolute atomic E-state index is 0.0568. The first kappa shape index (κ1) is 13.7. The van der Waals surface area contributed by atoms with E-state index < -0.39 is 0 Å². The van der Waals surface area contributed by atoms with Gasteiger partial charge in [0.05, 0.1) is 11.6 Å². The Labute approximate surface area is 119 Å². The van der Waals surface area contributed by atoms with Crippen LogP contribution in [-0.2, 0) is 4.74 Å². The van der Waals surface area contributed by atoms with Crippen LogP contribution in [0.1, 0.15) is 37.8 Å². The van der Waals surface area contributed by atoms with Gasteiger partial charge in [-0.25, -0.2) is 0 Å². The summed E-state index contributed by atoms with van der Waals surface area (Å²) in [6.07, 6.45) is 3.28. The molecule has 1 fully saturated rings. The predicted molar refractivity (Wildman–Crippen MR) is 75.7 cm³/mol. The number of ether oxygens (including phenoxy) is 3. The van der Waals surface area contributed by atoms with Crippen LogP contribution in [0.4, 0.5) is 0 Å². The third-order valence-electron chi connectivity index (χ3n) is 4.18. The molecule has 0 amide bonds. The topological polar surface area (TPSA) is 65.7 Å². The van der Waals surface area contributed by atoms with E-state index in [4.69, 9.17) is 20.1 Å². The van der Waals surface area contributed by atoms with Crippen LogP contribution in [0.15, 0.2) is 18.2 Å². The molecule has 1 aromatic rings. The number of nitrogens with one attached hydrogen (secondary N) is 1. The summed E-state index contributed by atoms with van der Waals surface area (Å²) in [5, 5.41) is 0. The average Bonchev–Trinajstić information content (AvgIpc) is 2.48. The van der Waals surface area contributed by atoms with Gasteiger partial charge in [0.1, 0.15) is 13.2 Å². The second-order valence-corrected chi connectivity index (χ2v) is 5.62. The largest absolute Gasteiger partial charge is 0.486 e. The van der Waals surface area contributed by atoms with Crippen LogP contribution < -0.4 is 20.7 Å². The zero-order chi connectivity index (χ0) is 14.0. The molecule has 0 saturated carbocycles. The van der Waals surface area contributed by atoms with Crippen LogP contribution in [-0.4, -0.2) is 25.4 Å². The van der Waals surface area contributed by atoms with Crippen molar-refractivity contribution in [3.05, 3.63) is 23.8 Å². The van der Waals surface area contributed by atoms with Gasteiger partial charge in [-0.15, -0.1) is 0 Å². The smallest absolute Gasteiger partial charge is 0.161 e. The summed E-state index contributed by atoms with van der Waals surface area (Å²) in [7, 11) is 0. The van der Waals surface area contributed by atoms with Crippen molar-refractivity contribution in [3.63, 3.8) is 0 Å². The molecule has 110 valence electrons. The molecule has 5 nitrogen and oxygen atoms in total. The highest BCUT2D eigenvalue weighted by molar-refractivity contribution is 5.45. The Morgan fingerprint density at radius 1 is 1.15 bits per heavy atom. The van der Waals surface area contributed by atoms with Crippen LogP contribution in [0.25, 0.3) is 0 Å². The van der Waals surface area contributed by atoms with Crippen molar-refractivity contribution < 1.29 is 14.2 Å². The van der Waals surface area contributed by atoms with E-state index in [1.54, 1.807) is 0 Å². The van der Waals surface area contributed by atoms with Gasteiger partial charge in [-0.05, 0) is 43.9 Å². The first-order valence-corrected chi connectivity index (χ1v) is 7.22. The minimum Gasteiger partial charge on any atom is -0.486 e. The average molecular weight is 278 g/mol. The van der Waals surface area contributed by atoms with E-state index in [9.17, 15) is 0 Å². The zero-order valence-electron chi connectivity index (χ0n) is 11.9. The second kappa shape index (κ2) is 5.60. The third-order valence-corrected chi connectivity index (χ3v) is 4.18. The molecule has 0 bridgehead atoms. The van der Waals surface area contributed by atoms with Crippen molar-refractivity contribution >= 4 is 0 Å². The van der Waals surface area contributed by atoms with Crippen LogP contribution in [0.3, 0.4) is 0 Å². The number of nitrogens with two attached hydrogens (primary N) is 1. The van der Waals surface area contributed by atoms with Crippen LogP contribution in [0.5, 0.6) is 11.5 Å². The lowest BCUT2D eigenvalue weighted by atomic mass is 9.84. The van der Waals surface area contributed by atoms with Crippen molar-refractivity contribution in [2.45, 2.75) is 37.8 Å². The Balaban J connectivity index is 1.88. The van der Waals surface area contributed by atoms with E-state index in [0.717, 1.165) is 36.5 Å². The zero-order valence-corrected chi connectivity index (χ0v) is 11.9. The fourth-order valence-electron chi connectivity index (χ4n) is 3.05. The van der Waals surface area contributed by atoms with E-state index in [1.165, 1.54) is 6.42 Å². The SMILES string of the molecule is CC1(C(NN)c2ccc3c(c2)OCCO3)CCCCO1. The molecule has 1 saturated heterocycles. The number of hydrogen-bond acceptors (Lipinski definition) is 5. The Kier molecular flexibility index (Phi) is 3.83. The number of hydrogen-bond donors (Lipinski definition) is 2. The van der Waals surface area contributed by atoms with Crippen molar-refractivity contribution in [1.82, 2.24) is 5.43 Å². The molecule has 0 aromatic heterocycles. The number of fused-ring (bicyclic) bond motifs is 1.